The first-order chi connectivity index (χ1) is 6.77. The quantitative estimate of drug-likeness (QED) is 0.623. The lowest BCUT2D eigenvalue weighted by Gasteiger charge is -2.30. The van der Waals surface area contributed by atoms with E-state index in [9.17, 15) is 4.79 Å². The molecule has 0 spiro atoms. The van der Waals surface area contributed by atoms with E-state index in [1.54, 1.807) is 0 Å². The van der Waals surface area contributed by atoms with Crippen LogP contribution in [0, 0.1) is 5.92 Å². The lowest BCUT2D eigenvalue weighted by molar-refractivity contribution is -0.139. The Morgan fingerprint density at radius 2 is 2.29 bits per heavy atom. The molecule has 2 saturated heterocycles. The van der Waals surface area contributed by atoms with E-state index in [1.807, 2.05) is 7.05 Å². The zero-order chi connectivity index (χ0) is 9.97. The smallest absolute Gasteiger partial charge is 0.168 e. The van der Waals surface area contributed by atoms with E-state index in [0.717, 1.165) is 26.1 Å². The van der Waals surface area contributed by atoms with Crippen molar-refractivity contribution in [1.82, 2.24) is 4.90 Å². The van der Waals surface area contributed by atoms with Crippen LogP contribution in [0.5, 0.6) is 0 Å². The summed E-state index contributed by atoms with van der Waals surface area (Å²) in [6, 6.07) is 0. The highest BCUT2D eigenvalue weighted by molar-refractivity contribution is 5.86. The third kappa shape index (κ3) is 2.13. The van der Waals surface area contributed by atoms with E-state index >= 15 is 0 Å². The largest absolute Gasteiger partial charge is 0.381 e. The number of ether oxygens (including phenoxy) is 2. The van der Waals surface area contributed by atoms with Crippen molar-refractivity contribution in [3.05, 3.63) is 0 Å². The molecule has 4 nitrogen and oxygen atoms in total. The van der Waals surface area contributed by atoms with Gasteiger partial charge in [-0.2, -0.15) is 0 Å². The van der Waals surface area contributed by atoms with Gasteiger partial charge in [0.25, 0.3) is 0 Å². The van der Waals surface area contributed by atoms with Gasteiger partial charge in [-0.1, -0.05) is 0 Å². The third-order valence-corrected chi connectivity index (χ3v) is 2.92. The van der Waals surface area contributed by atoms with E-state index in [2.05, 4.69) is 4.90 Å². The van der Waals surface area contributed by atoms with Gasteiger partial charge < -0.3 is 14.4 Å². The minimum Gasteiger partial charge on any atom is -0.381 e. The molecule has 2 fully saturated rings. The standard InChI is InChI=1S/C10H17NO3/c1-11-3-5-14-9(6-11)10(12)8-2-4-13-7-8/h8-9H,2-7H2,1H3. The van der Waals surface area contributed by atoms with Gasteiger partial charge in [0.05, 0.1) is 13.2 Å². The zero-order valence-electron chi connectivity index (χ0n) is 8.57. The second-order valence-electron chi connectivity index (χ2n) is 4.08. The van der Waals surface area contributed by atoms with E-state index in [0.29, 0.717) is 13.2 Å². The van der Waals surface area contributed by atoms with Gasteiger partial charge in [-0.15, -0.1) is 0 Å². The predicted octanol–water partition coefficient (Wildman–Crippen LogP) is -0.0774. The summed E-state index contributed by atoms with van der Waals surface area (Å²) in [5.41, 5.74) is 0. The summed E-state index contributed by atoms with van der Waals surface area (Å²) < 4.78 is 10.7. The Labute approximate surface area is 84.2 Å². The van der Waals surface area contributed by atoms with Crippen molar-refractivity contribution < 1.29 is 14.3 Å². The molecule has 0 bridgehead atoms. The second kappa shape index (κ2) is 4.38. The Hall–Kier alpha value is -0.450. The minimum atomic E-state index is -0.222. The lowest BCUT2D eigenvalue weighted by Crippen LogP contribution is -2.46. The SMILES string of the molecule is CN1CCOC(C(=O)C2CCOC2)C1. The van der Waals surface area contributed by atoms with Gasteiger partial charge in [-0.05, 0) is 13.5 Å². The summed E-state index contributed by atoms with van der Waals surface area (Å²) >= 11 is 0. The van der Waals surface area contributed by atoms with Crippen LogP contribution in [0.15, 0.2) is 0 Å². The first-order valence-corrected chi connectivity index (χ1v) is 5.19. The molecule has 80 valence electrons. The molecule has 0 aromatic carbocycles. The number of morpholine rings is 1. The van der Waals surface area contributed by atoms with E-state index in [-0.39, 0.29) is 17.8 Å². The van der Waals surface area contributed by atoms with Gasteiger partial charge in [-0.25, -0.2) is 0 Å². The first-order valence-electron chi connectivity index (χ1n) is 5.19. The number of Topliss-reactive ketones (excluding diaryl/α,β-unsaturated/α-hetero) is 1. The molecule has 2 atom stereocenters. The van der Waals surface area contributed by atoms with Gasteiger partial charge in [0, 0.05) is 25.6 Å². The number of rotatable bonds is 2. The highest BCUT2D eigenvalue weighted by atomic mass is 16.5. The molecule has 2 rings (SSSR count). The molecule has 2 unspecified atom stereocenters. The van der Waals surface area contributed by atoms with Crippen LogP contribution in [0.3, 0.4) is 0 Å². The average Bonchev–Trinajstić information content (AvgIpc) is 2.69. The number of hydrogen-bond acceptors (Lipinski definition) is 4. The first kappa shape index (κ1) is 10.1. The molecule has 0 N–H and O–H groups in total. The molecule has 0 aliphatic carbocycles. The monoisotopic (exact) mass is 199 g/mol. The maximum Gasteiger partial charge on any atom is 0.168 e. The number of ketones is 1. The molecule has 0 amide bonds. The van der Waals surface area contributed by atoms with Crippen molar-refractivity contribution in [1.29, 1.82) is 0 Å². The lowest BCUT2D eigenvalue weighted by atomic mass is 9.98. The van der Waals surface area contributed by atoms with Crippen molar-refractivity contribution in [3.63, 3.8) is 0 Å². The van der Waals surface area contributed by atoms with Crippen LogP contribution >= 0.6 is 0 Å². The summed E-state index contributed by atoms with van der Waals surface area (Å²) in [5.74, 6) is 0.306. The molecule has 0 aromatic rings. The minimum absolute atomic E-state index is 0.0755. The summed E-state index contributed by atoms with van der Waals surface area (Å²) in [6.07, 6.45) is 0.642. The Morgan fingerprint density at radius 3 is 2.93 bits per heavy atom. The fourth-order valence-corrected chi connectivity index (χ4v) is 1.97. The van der Waals surface area contributed by atoms with Crippen molar-refractivity contribution >= 4 is 5.78 Å². The van der Waals surface area contributed by atoms with Gasteiger partial charge in [-0.3, -0.25) is 4.79 Å². The Bertz CT molecular complexity index is 213. The fraction of sp³-hybridized carbons (Fsp3) is 0.900. The van der Waals surface area contributed by atoms with Crippen LogP contribution in [-0.4, -0.2) is 56.7 Å². The molecule has 14 heavy (non-hydrogen) atoms. The maximum absolute atomic E-state index is 11.9. The molecule has 2 heterocycles. The van der Waals surface area contributed by atoms with Crippen LogP contribution < -0.4 is 0 Å². The number of likely N-dealkylation sites (N-methyl/N-ethyl adjacent to an activating group) is 1. The van der Waals surface area contributed by atoms with Crippen molar-refractivity contribution in [2.24, 2.45) is 5.92 Å². The Balaban J connectivity index is 1.89. The normalized spacial score (nSPS) is 34.6. The summed E-state index contributed by atoms with van der Waals surface area (Å²) in [6.45, 7) is 3.63. The zero-order valence-corrected chi connectivity index (χ0v) is 8.57. The molecular formula is C10H17NO3. The number of carbonyl (C=O) groups is 1. The molecule has 2 aliphatic heterocycles. The molecular weight excluding hydrogens is 182 g/mol. The molecule has 0 saturated carbocycles. The Kier molecular flexibility index (Phi) is 3.15. The summed E-state index contributed by atoms with van der Waals surface area (Å²) in [7, 11) is 2.02. The van der Waals surface area contributed by atoms with Crippen molar-refractivity contribution in [3.8, 4) is 0 Å². The van der Waals surface area contributed by atoms with E-state index in [1.165, 1.54) is 0 Å². The van der Waals surface area contributed by atoms with Crippen molar-refractivity contribution in [2.75, 3.05) is 40.0 Å². The topological polar surface area (TPSA) is 38.8 Å². The number of nitrogens with zero attached hydrogens (tertiary/aromatic N) is 1. The van der Waals surface area contributed by atoms with Crippen molar-refractivity contribution in [2.45, 2.75) is 12.5 Å². The van der Waals surface area contributed by atoms with Crippen LogP contribution in [-0.2, 0) is 14.3 Å². The van der Waals surface area contributed by atoms with E-state index in [4.69, 9.17) is 9.47 Å². The van der Waals surface area contributed by atoms with E-state index < -0.39 is 0 Å². The maximum atomic E-state index is 11.9. The van der Waals surface area contributed by atoms with Crippen LogP contribution in [0.2, 0.25) is 0 Å². The summed E-state index contributed by atoms with van der Waals surface area (Å²) in [4.78, 5) is 14.1. The van der Waals surface area contributed by atoms with Gasteiger partial charge in [0.2, 0.25) is 0 Å². The number of carbonyl (C=O) groups excluding carboxylic acids is 1. The highest BCUT2D eigenvalue weighted by Gasteiger charge is 2.32. The molecule has 0 radical (unpaired) electrons. The van der Waals surface area contributed by atoms with Gasteiger partial charge in [0.1, 0.15) is 6.10 Å². The van der Waals surface area contributed by atoms with Crippen LogP contribution in [0.1, 0.15) is 6.42 Å². The Morgan fingerprint density at radius 1 is 1.43 bits per heavy atom. The average molecular weight is 199 g/mol. The molecule has 4 heteroatoms. The molecule has 2 aliphatic rings. The van der Waals surface area contributed by atoms with Crippen LogP contribution in [0.4, 0.5) is 0 Å². The molecule has 0 aromatic heterocycles. The highest BCUT2D eigenvalue weighted by Crippen LogP contribution is 2.18. The number of hydrogen-bond donors (Lipinski definition) is 0. The second-order valence-corrected chi connectivity index (χ2v) is 4.08. The summed E-state index contributed by atoms with van der Waals surface area (Å²) in [5, 5.41) is 0. The van der Waals surface area contributed by atoms with Gasteiger partial charge in [0.15, 0.2) is 5.78 Å². The van der Waals surface area contributed by atoms with Crippen LogP contribution in [0.25, 0.3) is 0 Å². The predicted molar refractivity (Wildman–Crippen MR) is 51.2 cm³/mol. The van der Waals surface area contributed by atoms with Gasteiger partial charge >= 0.3 is 0 Å². The third-order valence-electron chi connectivity index (χ3n) is 2.92. The fourth-order valence-electron chi connectivity index (χ4n) is 1.97.